The minimum absolute atomic E-state index is 0.456. The number of hydrogen-bond donors (Lipinski definition) is 2. The number of carbonyl (C=O) groups excluding carboxylic acids is 1. The molecular weight excluding hydrogens is 252 g/mol. The van der Waals surface area contributed by atoms with Crippen molar-refractivity contribution in [1.29, 1.82) is 0 Å². The Labute approximate surface area is 121 Å². The highest BCUT2D eigenvalue weighted by molar-refractivity contribution is 5.83. The first-order valence-electron chi connectivity index (χ1n) is 7.14. The van der Waals surface area contributed by atoms with E-state index in [9.17, 15) is 4.79 Å². The number of nitrogens with two attached hydrogens (primary N) is 2. The summed E-state index contributed by atoms with van der Waals surface area (Å²) in [4.78, 5) is 11.1. The van der Waals surface area contributed by atoms with Crippen LogP contribution in [0.25, 0.3) is 0 Å². The standard InChI is InChI=1S/C16H26N2O2/c1-12(2)13-7-6-8-14(11-13)20-10-5-4-9-16(3,18)15(17)19/h6-8,11-12H,4-5,9-10,18H2,1-3H3,(H2,17,19). The molecule has 1 aromatic rings. The zero-order chi connectivity index (χ0) is 15.2. The quantitative estimate of drug-likeness (QED) is 0.717. The maximum absolute atomic E-state index is 11.1. The van der Waals surface area contributed by atoms with Gasteiger partial charge in [-0.3, -0.25) is 4.79 Å². The van der Waals surface area contributed by atoms with Crippen LogP contribution in [0.1, 0.15) is 51.5 Å². The number of primary amides is 1. The van der Waals surface area contributed by atoms with Crippen LogP contribution in [-0.2, 0) is 4.79 Å². The summed E-state index contributed by atoms with van der Waals surface area (Å²) < 4.78 is 5.72. The third kappa shape index (κ3) is 5.21. The number of hydrogen-bond acceptors (Lipinski definition) is 3. The molecule has 20 heavy (non-hydrogen) atoms. The van der Waals surface area contributed by atoms with Crippen molar-refractivity contribution in [1.82, 2.24) is 0 Å². The van der Waals surface area contributed by atoms with Crippen molar-refractivity contribution in [2.24, 2.45) is 11.5 Å². The minimum atomic E-state index is -0.919. The molecule has 1 unspecified atom stereocenters. The van der Waals surface area contributed by atoms with Crippen molar-refractivity contribution in [3.05, 3.63) is 29.8 Å². The van der Waals surface area contributed by atoms with E-state index in [-0.39, 0.29) is 0 Å². The smallest absolute Gasteiger partial charge is 0.237 e. The zero-order valence-electron chi connectivity index (χ0n) is 12.7. The highest BCUT2D eigenvalue weighted by Gasteiger charge is 2.24. The summed E-state index contributed by atoms with van der Waals surface area (Å²) >= 11 is 0. The van der Waals surface area contributed by atoms with Gasteiger partial charge in [-0.15, -0.1) is 0 Å². The predicted molar refractivity (Wildman–Crippen MR) is 81.7 cm³/mol. The lowest BCUT2D eigenvalue weighted by molar-refractivity contribution is -0.122. The van der Waals surface area contributed by atoms with Gasteiger partial charge in [-0.2, -0.15) is 0 Å². The lowest BCUT2D eigenvalue weighted by Gasteiger charge is -2.20. The molecule has 0 spiro atoms. The first-order chi connectivity index (χ1) is 9.33. The topological polar surface area (TPSA) is 78.3 Å². The average molecular weight is 278 g/mol. The summed E-state index contributed by atoms with van der Waals surface area (Å²) in [5.41, 5.74) is 11.4. The van der Waals surface area contributed by atoms with Gasteiger partial charge in [0.2, 0.25) is 5.91 Å². The van der Waals surface area contributed by atoms with Crippen LogP contribution in [-0.4, -0.2) is 18.1 Å². The lowest BCUT2D eigenvalue weighted by Crippen LogP contribution is -2.49. The second-order valence-corrected chi connectivity index (χ2v) is 5.81. The molecular formula is C16H26N2O2. The van der Waals surface area contributed by atoms with Crippen LogP contribution < -0.4 is 16.2 Å². The third-order valence-electron chi connectivity index (χ3n) is 3.45. The van der Waals surface area contributed by atoms with E-state index in [1.54, 1.807) is 6.92 Å². The van der Waals surface area contributed by atoms with E-state index in [2.05, 4.69) is 26.0 Å². The zero-order valence-corrected chi connectivity index (χ0v) is 12.7. The molecule has 0 saturated heterocycles. The second-order valence-electron chi connectivity index (χ2n) is 5.81. The number of benzene rings is 1. The Morgan fingerprint density at radius 1 is 1.35 bits per heavy atom. The molecule has 1 atom stereocenters. The molecule has 4 heteroatoms. The van der Waals surface area contributed by atoms with E-state index in [1.807, 2.05) is 12.1 Å². The van der Waals surface area contributed by atoms with Gasteiger partial charge in [0, 0.05) is 0 Å². The maximum atomic E-state index is 11.1. The van der Waals surface area contributed by atoms with Crippen LogP contribution in [0.5, 0.6) is 5.75 Å². The highest BCUT2D eigenvalue weighted by Crippen LogP contribution is 2.20. The molecule has 0 saturated carbocycles. The molecule has 0 heterocycles. The first-order valence-corrected chi connectivity index (χ1v) is 7.14. The number of amides is 1. The van der Waals surface area contributed by atoms with Gasteiger partial charge in [-0.25, -0.2) is 0 Å². The van der Waals surface area contributed by atoms with Crippen LogP contribution in [0.3, 0.4) is 0 Å². The fourth-order valence-corrected chi connectivity index (χ4v) is 1.87. The van der Waals surface area contributed by atoms with Crippen molar-refractivity contribution in [2.45, 2.75) is 51.5 Å². The van der Waals surface area contributed by atoms with Crippen LogP contribution in [0.2, 0.25) is 0 Å². The maximum Gasteiger partial charge on any atom is 0.237 e. The molecule has 112 valence electrons. The van der Waals surface area contributed by atoms with E-state index in [1.165, 1.54) is 5.56 Å². The molecule has 4 nitrogen and oxygen atoms in total. The van der Waals surface area contributed by atoms with Gasteiger partial charge >= 0.3 is 0 Å². The predicted octanol–water partition coefficient (Wildman–Crippen LogP) is 2.56. The summed E-state index contributed by atoms with van der Waals surface area (Å²) in [6.45, 7) is 6.61. The fraction of sp³-hybridized carbons (Fsp3) is 0.562. The Hall–Kier alpha value is -1.55. The number of unbranched alkanes of at least 4 members (excludes halogenated alkanes) is 1. The Kier molecular flexibility index (Phi) is 6.02. The average Bonchev–Trinajstić information content (AvgIpc) is 2.38. The van der Waals surface area contributed by atoms with Crippen LogP contribution >= 0.6 is 0 Å². The third-order valence-corrected chi connectivity index (χ3v) is 3.45. The van der Waals surface area contributed by atoms with Gasteiger partial charge < -0.3 is 16.2 Å². The van der Waals surface area contributed by atoms with Crippen molar-refractivity contribution < 1.29 is 9.53 Å². The van der Waals surface area contributed by atoms with Gasteiger partial charge in [0.1, 0.15) is 5.75 Å². The summed E-state index contributed by atoms with van der Waals surface area (Å²) in [7, 11) is 0. The van der Waals surface area contributed by atoms with E-state index < -0.39 is 11.4 Å². The Bertz CT molecular complexity index is 442. The number of ether oxygens (including phenoxy) is 1. The summed E-state index contributed by atoms with van der Waals surface area (Å²) in [6.07, 6.45) is 2.25. The summed E-state index contributed by atoms with van der Waals surface area (Å²) in [6, 6.07) is 8.14. The molecule has 0 bridgehead atoms. The molecule has 0 aliphatic carbocycles. The summed E-state index contributed by atoms with van der Waals surface area (Å²) in [5.74, 6) is 0.928. The van der Waals surface area contributed by atoms with Gasteiger partial charge in [-0.05, 0) is 49.8 Å². The minimum Gasteiger partial charge on any atom is -0.494 e. The Morgan fingerprint density at radius 2 is 2.05 bits per heavy atom. The van der Waals surface area contributed by atoms with E-state index >= 15 is 0 Å². The van der Waals surface area contributed by atoms with Crippen LogP contribution in [0.4, 0.5) is 0 Å². The molecule has 0 aliphatic rings. The fourth-order valence-electron chi connectivity index (χ4n) is 1.87. The van der Waals surface area contributed by atoms with Crippen LogP contribution in [0.15, 0.2) is 24.3 Å². The molecule has 1 rings (SSSR count). The summed E-state index contributed by atoms with van der Waals surface area (Å²) in [5, 5.41) is 0. The van der Waals surface area contributed by atoms with Gasteiger partial charge in [0.05, 0.1) is 12.1 Å². The van der Waals surface area contributed by atoms with Crippen molar-refractivity contribution in [3.8, 4) is 5.75 Å². The monoisotopic (exact) mass is 278 g/mol. The lowest BCUT2D eigenvalue weighted by atomic mass is 9.96. The molecule has 0 fully saturated rings. The van der Waals surface area contributed by atoms with Crippen LogP contribution in [0, 0.1) is 0 Å². The van der Waals surface area contributed by atoms with Crippen molar-refractivity contribution in [2.75, 3.05) is 6.61 Å². The van der Waals surface area contributed by atoms with E-state index in [0.717, 1.165) is 18.6 Å². The number of carbonyl (C=O) groups is 1. The normalized spacial score (nSPS) is 14.1. The van der Waals surface area contributed by atoms with Crippen molar-refractivity contribution in [3.63, 3.8) is 0 Å². The van der Waals surface area contributed by atoms with Gasteiger partial charge in [0.25, 0.3) is 0 Å². The molecule has 0 aromatic heterocycles. The Morgan fingerprint density at radius 3 is 2.65 bits per heavy atom. The molecule has 0 radical (unpaired) electrons. The second kappa shape index (κ2) is 7.29. The van der Waals surface area contributed by atoms with E-state index in [4.69, 9.17) is 16.2 Å². The highest BCUT2D eigenvalue weighted by atomic mass is 16.5. The van der Waals surface area contributed by atoms with Gasteiger partial charge in [-0.1, -0.05) is 26.0 Å². The molecule has 1 aromatic carbocycles. The molecule has 0 aliphatic heterocycles. The Balaban J connectivity index is 2.31. The first kappa shape index (κ1) is 16.5. The SMILES string of the molecule is CC(C)c1cccc(OCCCCC(C)(N)C(N)=O)c1. The number of rotatable bonds is 8. The van der Waals surface area contributed by atoms with Crippen molar-refractivity contribution >= 4 is 5.91 Å². The van der Waals surface area contributed by atoms with E-state index in [0.29, 0.717) is 18.9 Å². The largest absolute Gasteiger partial charge is 0.494 e. The molecule has 1 amide bonds. The van der Waals surface area contributed by atoms with Gasteiger partial charge in [0.15, 0.2) is 0 Å². The molecule has 4 N–H and O–H groups in total.